The third-order valence-electron chi connectivity index (χ3n) is 4.63. The zero-order valence-corrected chi connectivity index (χ0v) is 16.2. The third-order valence-corrected chi connectivity index (χ3v) is 5.37. The first-order valence-electron chi connectivity index (χ1n) is 8.85. The summed E-state index contributed by atoms with van der Waals surface area (Å²) in [5.41, 5.74) is 2.29. The van der Waals surface area contributed by atoms with Crippen molar-refractivity contribution in [3.8, 4) is 22.6 Å². The Hall–Kier alpha value is -3.04. The van der Waals surface area contributed by atoms with Gasteiger partial charge in [0.2, 0.25) is 10.0 Å². The van der Waals surface area contributed by atoms with E-state index in [0.717, 1.165) is 17.7 Å². The molecule has 0 bridgehead atoms. The summed E-state index contributed by atoms with van der Waals surface area (Å²) in [6.45, 7) is -3.16. The van der Waals surface area contributed by atoms with E-state index in [1.165, 1.54) is 6.07 Å². The molecule has 1 atom stereocenters. The fourth-order valence-electron chi connectivity index (χ4n) is 3.55. The number of halogens is 3. The van der Waals surface area contributed by atoms with Crippen LogP contribution in [0.15, 0.2) is 60.7 Å². The third kappa shape index (κ3) is 4.12. The molecular weight excluding hydrogens is 419 g/mol. The number of sulfonamides is 1. The van der Waals surface area contributed by atoms with E-state index in [2.05, 4.69) is 4.74 Å². The molecule has 1 aliphatic heterocycles. The zero-order chi connectivity index (χ0) is 21.5. The van der Waals surface area contributed by atoms with Gasteiger partial charge >= 0.3 is 6.61 Å². The van der Waals surface area contributed by atoms with Gasteiger partial charge in [-0.25, -0.2) is 17.9 Å². The molecule has 5 nitrogen and oxygen atoms in total. The Labute approximate surface area is 170 Å². The normalized spacial score (nSPS) is 15.3. The number of fused-ring (bicyclic) bond motifs is 3. The highest BCUT2D eigenvalue weighted by Gasteiger charge is 2.31. The lowest BCUT2D eigenvalue weighted by Gasteiger charge is -2.30. The maximum absolute atomic E-state index is 14.1. The molecule has 2 N–H and O–H groups in total. The molecule has 3 aromatic carbocycles. The molecule has 1 aliphatic rings. The first kappa shape index (κ1) is 20.2. The molecule has 0 saturated carbocycles. The monoisotopic (exact) mass is 435 g/mol. The van der Waals surface area contributed by atoms with E-state index in [9.17, 15) is 21.6 Å². The van der Waals surface area contributed by atoms with Gasteiger partial charge < -0.3 is 9.47 Å². The van der Waals surface area contributed by atoms with Crippen molar-refractivity contribution in [2.75, 3.05) is 0 Å². The number of rotatable bonds is 5. The summed E-state index contributed by atoms with van der Waals surface area (Å²) < 4.78 is 73.5. The van der Waals surface area contributed by atoms with Gasteiger partial charge in [0.15, 0.2) is 0 Å². The minimum absolute atomic E-state index is 0.0474. The van der Waals surface area contributed by atoms with Gasteiger partial charge in [0.05, 0.1) is 11.3 Å². The van der Waals surface area contributed by atoms with Crippen LogP contribution in [0.25, 0.3) is 11.1 Å². The summed E-state index contributed by atoms with van der Waals surface area (Å²) in [5, 5.41) is 5.16. The van der Waals surface area contributed by atoms with Crippen molar-refractivity contribution in [2.24, 2.45) is 5.14 Å². The average Bonchev–Trinajstić information content (AvgIpc) is 2.66. The van der Waals surface area contributed by atoms with Crippen LogP contribution in [0, 0.1) is 5.82 Å². The Morgan fingerprint density at radius 1 is 1.07 bits per heavy atom. The standard InChI is InChI=1S/C21H16F3NO4S/c22-14-9-17-19(18(10-14)29-21(23)24)15-7-6-12(11-30(25,26)27)8-16(15)20(28-17)13-4-2-1-3-5-13/h1-10,20-21H,11H2,(H2,25,26,27). The molecular formula is C21H16F3NO4S. The predicted molar refractivity (Wildman–Crippen MR) is 104 cm³/mol. The molecule has 1 heterocycles. The van der Waals surface area contributed by atoms with Crippen molar-refractivity contribution < 1.29 is 31.1 Å². The van der Waals surface area contributed by atoms with Crippen LogP contribution >= 0.6 is 0 Å². The first-order valence-corrected chi connectivity index (χ1v) is 10.6. The Bertz CT molecular complexity index is 1200. The Morgan fingerprint density at radius 3 is 2.47 bits per heavy atom. The number of hydrogen-bond donors (Lipinski definition) is 1. The van der Waals surface area contributed by atoms with E-state index in [4.69, 9.17) is 9.88 Å². The van der Waals surface area contributed by atoms with Gasteiger partial charge in [-0.3, -0.25) is 0 Å². The van der Waals surface area contributed by atoms with Crippen molar-refractivity contribution in [3.05, 3.63) is 83.2 Å². The van der Waals surface area contributed by atoms with Crippen molar-refractivity contribution >= 4 is 10.0 Å². The van der Waals surface area contributed by atoms with Crippen LogP contribution in [0.5, 0.6) is 11.5 Å². The van der Waals surface area contributed by atoms with E-state index in [1.54, 1.807) is 36.4 Å². The molecule has 0 saturated heterocycles. The zero-order valence-electron chi connectivity index (χ0n) is 15.4. The molecule has 3 aromatic rings. The Kier molecular flexibility index (Phi) is 5.17. The predicted octanol–water partition coefficient (Wildman–Crippen LogP) is 4.36. The minimum Gasteiger partial charge on any atom is -0.480 e. The van der Waals surface area contributed by atoms with Gasteiger partial charge in [-0.2, -0.15) is 8.78 Å². The molecule has 0 fully saturated rings. The van der Waals surface area contributed by atoms with E-state index in [0.29, 0.717) is 16.7 Å². The molecule has 9 heteroatoms. The van der Waals surface area contributed by atoms with Crippen LogP contribution in [0.2, 0.25) is 0 Å². The van der Waals surface area contributed by atoms with Gasteiger partial charge in [-0.05, 0) is 16.7 Å². The second kappa shape index (κ2) is 7.66. The van der Waals surface area contributed by atoms with E-state index in [-0.39, 0.29) is 17.1 Å². The van der Waals surface area contributed by atoms with Crippen LogP contribution in [0.1, 0.15) is 22.8 Å². The average molecular weight is 435 g/mol. The number of benzene rings is 3. The molecule has 30 heavy (non-hydrogen) atoms. The molecule has 156 valence electrons. The number of nitrogens with two attached hydrogens (primary N) is 1. The van der Waals surface area contributed by atoms with Crippen molar-refractivity contribution in [1.29, 1.82) is 0 Å². The number of hydrogen-bond acceptors (Lipinski definition) is 4. The van der Waals surface area contributed by atoms with Crippen LogP contribution < -0.4 is 14.6 Å². The van der Waals surface area contributed by atoms with Crippen LogP contribution in [0.3, 0.4) is 0 Å². The smallest absolute Gasteiger partial charge is 0.387 e. The van der Waals surface area contributed by atoms with E-state index in [1.807, 2.05) is 6.07 Å². The van der Waals surface area contributed by atoms with Gasteiger partial charge in [-0.1, -0.05) is 48.5 Å². The summed E-state index contributed by atoms with van der Waals surface area (Å²) in [6.07, 6.45) is -0.713. The summed E-state index contributed by atoms with van der Waals surface area (Å²) in [7, 11) is -3.79. The van der Waals surface area contributed by atoms with Crippen LogP contribution in [-0.2, 0) is 15.8 Å². The number of alkyl halides is 2. The lowest BCUT2D eigenvalue weighted by Crippen LogP contribution is -2.18. The van der Waals surface area contributed by atoms with E-state index >= 15 is 0 Å². The topological polar surface area (TPSA) is 78.6 Å². The second-order valence-electron chi connectivity index (χ2n) is 6.79. The van der Waals surface area contributed by atoms with Crippen LogP contribution in [-0.4, -0.2) is 15.0 Å². The lowest BCUT2D eigenvalue weighted by atomic mass is 9.88. The van der Waals surface area contributed by atoms with Crippen molar-refractivity contribution in [3.63, 3.8) is 0 Å². The molecule has 1 unspecified atom stereocenters. The highest BCUT2D eigenvalue weighted by molar-refractivity contribution is 7.88. The van der Waals surface area contributed by atoms with Gasteiger partial charge in [0, 0.05) is 17.7 Å². The summed E-state index contributed by atoms with van der Waals surface area (Å²) in [6, 6.07) is 15.6. The molecule has 0 radical (unpaired) electrons. The molecule has 4 rings (SSSR count). The molecule has 0 aromatic heterocycles. The summed E-state index contributed by atoms with van der Waals surface area (Å²) in [5.74, 6) is -1.51. The lowest BCUT2D eigenvalue weighted by molar-refractivity contribution is -0.0497. The summed E-state index contributed by atoms with van der Waals surface area (Å²) in [4.78, 5) is 0. The van der Waals surface area contributed by atoms with Crippen molar-refractivity contribution in [2.45, 2.75) is 18.5 Å². The second-order valence-corrected chi connectivity index (χ2v) is 8.41. The molecule has 0 aliphatic carbocycles. The maximum Gasteiger partial charge on any atom is 0.387 e. The summed E-state index contributed by atoms with van der Waals surface area (Å²) >= 11 is 0. The fourth-order valence-corrected chi connectivity index (χ4v) is 4.19. The fraction of sp³-hybridized carbons (Fsp3) is 0.143. The minimum atomic E-state index is -3.79. The van der Waals surface area contributed by atoms with Gasteiger partial charge in [0.1, 0.15) is 23.4 Å². The quantitative estimate of drug-likeness (QED) is 0.646. The molecule has 0 amide bonds. The largest absolute Gasteiger partial charge is 0.480 e. The number of ether oxygens (including phenoxy) is 2. The highest BCUT2D eigenvalue weighted by Crippen LogP contribution is 2.49. The van der Waals surface area contributed by atoms with Gasteiger partial charge in [0.25, 0.3) is 0 Å². The SMILES string of the molecule is NS(=O)(=O)Cc1ccc2c(c1)C(c1ccccc1)Oc1cc(F)cc(OC(F)F)c1-2. The highest BCUT2D eigenvalue weighted by atomic mass is 32.2. The van der Waals surface area contributed by atoms with Crippen LogP contribution in [0.4, 0.5) is 13.2 Å². The first-order chi connectivity index (χ1) is 14.2. The number of primary sulfonamides is 1. The maximum atomic E-state index is 14.1. The van der Waals surface area contributed by atoms with Gasteiger partial charge in [-0.15, -0.1) is 0 Å². The van der Waals surface area contributed by atoms with Crippen molar-refractivity contribution in [1.82, 2.24) is 0 Å². The Morgan fingerprint density at radius 2 is 1.80 bits per heavy atom. The molecule has 0 spiro atoms. The Balaban J connectivity index is 1.94. The van der Waals surface area contributed by atoms with E-state index < -0.39 is 34.3 Å².